The number of likely N-dealkylation sites (N-methyl/N-ethyl adjacent to an activating group) is 1. The first kappa shape index (κ1) is 15.4. The highest BCUT2D eigenvalue weighted by atomic mass is 19.1. The number of amides is 1. The Morgan fingerprint density at radius 2 is 2.04 bits per heavy atom. The molecule has 1 aliphatic carbocycles. The molecule has 2 heterocycles. The molecule has 0 spiro atoms. The van der Waals surface area contributed by atoms with Crippen LogP contribution in [0.15, 0.2) is 35.6 Å². The fraction of sp³-hybridized carbons (Fsp3) is 0.474. The van der Waals surface area contributed by atoms with E-state index >= 15 is 0 Å². The Hall–Kier alpha value is -2.17. The summed E-state index contributed by atoms with van der Waals surface area (Å²) in [5, 5.41) is 0. The smallest absolute Gasteiger partial charge is 0.290 e. The standard InChI is InChI=1S/C19H20FNO3/c1-2-21-16(11-6-5-7-12(20)10-11)15-17(22)13-8-3-4-9-14(13)24-18(15)19(21)23/h5-7,10,13-14,16H,2-4,8-9H2,1H3. The first-order valence-corrected chi connectivity index (χ1v) is 8.63. The molecule has 0 bridgehead atoms. The number of benzene rings is 1. The van der Waals surface area contributed by atoms with E-state index in [9.17, 15) is 14.0 Å². The molecule has 3 atom stereocenters. The Balaban J connectivity index is 1.82. The molecule has 0 radical (unpaired) electrons. The lowest BCUT2D eigenvalue weighted by atomic mass is 9.77. The van der Waals surface area contributed by atoms with Crippen molar-refractivity contribution in [3.63, 3.8) is 0 Å². The van der Waals surface area contributed by atoms with Crippen LogP contribution in [0.3, 0.4) is 0 Å². The molecule has 126 valence electrons. The number of rotatable bonds is 2. The van der Waals surface area contributed by atoms with Crippen molar-refractivity contribution < 1.29 is 18.7 Å². The molecule has 0 N–H and O–H groups in total. The van der Waals surface area contributed by atoms with Crippen molar-refractivity contribution in [1.82, 2.24) is 4.90 Å². The topological polar surface area (TPSA) is 46.6 Å². The number of nitrogens with zero attached hydrogens (tertiary/aromatic N) is 1. The minimum atomic E-state index is -0.538. The summed E-state index contributed by atoms with van der Waals surface area (Å²) < 4.78 is 19.7. The monoisotopic (exact) mass is 329 g/mol. The summed E-state index contributed by atoms with van der Waals surface area (Å²) >= 11 is 0. The molecule has 1 amide bonds. The lowest BCUT2D eigenvalue weighted by Gasteiger charge is -2.35. The number of carbonyl (C=O) groups is 2. The fourth-order valence-corrected chi connectivity index (χ4v) is 4.24. The van der Waals surface area contributed by atoms with Crippen molar-refractivity contribution in [2.45, 2.75) is 44.8 Å². The molecule has 1 fully saturated rings. The summed E-state index contributed by atoms with van der Waals surface area (Å²) in [6.07, 6.45) is 3.47. The highest BCUT2D eigenvalue weighted by Gasteiger charge is 2.51. The average Bonchev–Trinajstić information content (AvgIpc) is 2.88. The molecule has 1 saturated carbocycles. The van der Waals surface area contributed by atoms with E-state index < -0.39 is 6.04 Å². The maximum atomic E-state index is 13.7. The van der Waals surface area contributed by atoms with Crippen LogP contribution >= 0.6 is 0 Å². The number of fused-ring (bicyclic) bond motifs is 1. The van der Waals surface area contributed by atoms with Gasteiger partial charge in [0, 0.05) is 6.54 Å². The van der Waals surface area contributed by atoms with Crippen LogP contribution in [0.1, 0.15) is 44.2 Å². The van der Waals surface area contributed by atoms with Crippen molar-refractivity contribution in [2.75, 3.05) is 6.54 Å². The fourth-order valence-electron chi connectivity index (χ4n) is 4.24. The number of hydrogen-bond acceptors (Lipinski definition) is 3. The Morgan fingerprint density at radius 3 is 2.79 bits per heavy atom. The third-order valence-electron chi connectivity index (χ3n) is 5.36. The molecule has 0 saturated heterocycles. The van der Waals surface area contributed by atoms with E-state index in [2.05, 4.69) is 0 Å². The Kier molecular flexibility index (Phi) is 3.66. The van der Waals surface area contributed by atoms with Crippen LogP contribution in [0.2, 0.25) is 0 Å². The van der Waals surface area contributed by atoms with Crippen molar-refractivity contribution in [2.24, 2.45) is 5.92 Å². The maximum absolute atomic E-state index is 13.7. The molecule has 5 heteroatoms. The SMILES string of the molecule is CCN1C(=O)C2=C(C(=O)C3CCCCC3O2)C1c1cccc(F)c1. The predicted octanol–water partition coefficient (Wildman–Crippen LogP) is 3.14. The van der Waals surface area contributed by atoms with Crippen molar-refractivity contribution in [3.05, 3.63) is 47.0 Å². The molecule has 4 nitrogen and oxygen atoms in total. The average molecular weight is 329 g/mol. The quantitative estimate of drug-likeness (QED) is 0.837. The van der Waals surface area contributed by atoms with Crippen LogP contribution in [-0.4, -0.2) is 29.2 Å². The van der Waals surface area contributed by atoms with Gasteiger partial charge in [-0.25, -0.2) is 4.39 Å². The molecule has 2 aliphatic heterocycles. The van der Waals surface area contributed by atoms with Crippen molar-refractivity contribution >= 4 is 11.7 Å². The number of hydrogen-bond donors (Lipinski definition) is 0. The zero-order valence-corrected chi connectivity index (χ0v) is 13.6. The maximum Gasteiger partial charge on any atom is 0.290 e. The minimum absolute atomic E-state index is 0.0134. The van der Waals surface area contributed by atoms with Crippen LogP contribution in [-0.2, 0) is 14.3 Å². The molecule has 4 rings (SSSR count). The lowest BCUT2D eigenvalue weighted by molar-refractivity contribution is -0.135. The van der Waals surface area contributed by atoms with E-state index in [0.29, 0.717) is 17.7 Å². The zero-order valence-electron chi connectivity index (χ0n) is 13.6. The second kappa shape index (κ2) is 5.72. The Labute approximate surface area is 140 Å². The van der Waals surface area contributed by atoms with Crippen molar-refractivity contribution in [1.29, 1.82) is 0 Å². The van der Waals surface area contributed by atoms with E-state index in [-0.39, 0.29) is 35.3 Å². The molecule has 0 aromatic heterocycles. The highest BCUT2D eigenvalue weighted by Crippen LogP contribution is 2.46. The van der Waals surface area contributed by atoms with Crippen LogP contribution in [0.4, 0.5) is 4.39 Å². The van der Waals surface area contributed by atoms with Gasteiger partial charge in [0.1, 0.15) is 11.9 Å². The van der Waals surface area contributed by atoms with Gasteiger partial charge in [-0.2, -0.15) is 0 Å². The van der Waals surface area contributed by atoms with Gasteiger partial charge < -0.3 is 9.64 Å². The van der Waals surface area contributed by atoms with Gasteiger partial charge in [0.05, 0.1) is 17.5 Å². The van der Waals surface area contributed by atoms with E-state index in [1.807, 2.05) is 6.92 Å². The number of halogens is 1. The third-order valence-corrected chi connectivity index (χ3v) is 5.36. The Morgan fingerprint density at radius 1 is 1.25 bits per heavy atom. The number of Topliss-reactive ketones (excluding diaryl/α,β-unsaturated/α-hetero) is 1. The van der Waals surface area contributed by atoms with Crippen LogP contribution < -0.4 is 0 Å². The second-order valence-electron chi connectivity index (χ2n) is 6.70. The van der Waals surface area contributed by atoms with E-state index in [4.69, 9.17) is 4.74 Å². The first-order chi connectivity index (χ1) is 11.6. The molecule has 24 heavy (non-hydrogen) atoms. The number of carbonyl (C=O) groups excluding carboxylic acids is 2. The van der Waals surface area contributed by atoms with Gasteiger partial charge >= 0.3 is 0 Å². The largest absolute Gasteiger partial charge is 0.483 e. The van der Waals surface area contributed by atoms with E-state index in [1.54, 1.807) is 17.0 Å². The summed E-state index contributed by atoms with van der Waals surface area (Å²) in [4.78, 5) is 27.5. The predicted molar refractivity (Wildman–Crippen MR) is 85.4 cm³/mol. The van der Waals surface area contributed by atoms with Gasteiger partial charge in [-0.1, -0.05) is 18.6 Å². The van der Waals surface area contributed by atoms with Gasteiger partial charge in [-0.15, -0.1) is 0 Å². The van der Waals surface area contributed by atoms with Gasteiger partial charge in [-0.3, -0.25) is 9.59 Å². The number of ether oxygens (including phenoxy) is 1. The van der Waals surface area contributed by atoms with Gasteiger partial charge in [-0.05, 0) is 43.9 Å². The summed E-state index contributed by atoms with van der Waals surface area (Å²) in [6.45, 7) is 2.30. The third kappa shape index (κ3) is 2.18. The highest BCUT2D eigenvalue weighted by molar-refractivity contribution is 6.11. The first-order valence-electron chi connectivity index (χ1n) is 8.63. The summed E-state index contributed by atoms with van der Waals surface area (Å²) in [5.41, 5.74) is 1.05. The van der Waals surface area contributed by atoms with Crippen LogP contribution in [0.5, 0.6) is 0 Å². The molecule has 3 aliphatic rings. The van der Waals surface area contributed by atoms with Gasteiger partial charge in [0.2, 0.25) is 0 Å². The lowest BCUT2D eigenvalue weighted by Crippen LogP contribution is -2.39. The molecule has 3 unspecified atom stereocenters. The van der Waals surface area contributed by atoms with Crippen LogP contribution in [0, 0.1) is 11.7 Å². The summed E-state index contributed by atoms with van der Waals surface area (Å²) in [6, 6.07) is 5.60. The van der Waals surface area contributed by atoms with Gasteiger partial charge in [0.25, 0.3) is 5.91 Å². The van der Waals surface area contributed by atoms with E-state index in [1.165, 1.54) is 12.1 Å². The minimum Gasteiger partial charge on any atom is -0.483 e. The Bertz CT molecular complexity index is 742. The summed E-state index contributed by atoms with van der Waals surface area (Å²) in [5.74, 6) is -0.583. The zero-order chi connectivity index (χ0) is 16.8. The molecule has 1 aromatic rings. The number of ketones is 1. The van der Waals surface area contributed by atoms with Gasteiger partial charge in [0.15, 0.2) is 11.5 Å². The second-order valence-corrected chi connectivity index (χ2v) is 6.70. The van der Waals surface area contributed by atoms with Crippen LogP contribution in [0.25, 0.3) is 0 Å². The molecule has 1 aromatic carbocycles. The normalized spacial score (nSPS) is 29.4. The molecular formula is C19H20FNO3. The molecular weight excluding hydrogens is 309 g/mol. The van der Waals surface area contributed by atoms with E-state index in [0.717, 1.165) is 25.7 Å². The summed E-state index contributed by atoms with van der Waals surface area (Å²) in [7, 11) is 0. The van der Waals surface area contributed by atoms with Crippen molar-refractivity contribution in [3.8, 4) is 0 Å².